The van der Waals surface area contributed by atoms with E-state index < -0.39 is 0 Å². The summed E-state index contributed by atoms with van der Waals surface area (Å²) >= 11 is 3.28. The first kappa shape index (κ1) is 14.4. The largest absolute Gasteiger partial charge is 0.374 e. The van der Waals surface area contributed by atoms with Crippen LogP contribution in [0.3, 0.4) is 0 Å². The highest BCUT2D eigenvalue weighted by Crippen LogP contribution is 2.30. The minimum Gasteiger partial charge on any atom is -0.374 e. The second-order valence-electron chi connectivity index (χ2n) is 5.83. The first-order chi connectivity index (χ1) is 10.8. The molecule has 116 valence electrons. The Hall–Kier alpha value is -1.24. The van der Waals surface area contributed by atoms with Crippen molar-refractivity contribution < 1.29 is 9.53 Å². The molecule has 2 aromatic heterocycles. The molecular weight excluding hydrogens is 316 g/mol. The van der Waals surface area contributed by atoms with Crippen LogP contribution >= 0.6 is 22.7 Å². The van der Waals surface area contributed by atoms with E-state index in [0.29, 0.717) is 13.0 Å². The van der Waals surface area contributed by atoms with E-state index in [1.165, 1.54) is 0 Å². The lowest BCUT2D eigenvalue weighted by Gasteiger charge is -2.37. The van der Waals surface area contributed by atoms with E-state index in [2.05, 4.69) is 21.8 Å². The molecule has 1 aliphatic carbocycles. The molecule has 1 saturated heterocycles. The summed E-state index contributed by atoms with van der Waals surface area (Å²) in [5.41, 5.74) is 2.04. The minimum atomic E-state index is 0.197. The number of aromatic nitrogens is 1. The normalized spacial score (nSPS) is 24.5. The van der Waals surface area contributed by atoms with Gasteiger partial charge in [-0.25, -0.2) is 4.98 Å². The molecule has 2 aliphatic rings. The number of nitrogens with zero attached hydrogens (tertiary/aromatic N) is 2. The van der Waals surface area contributed by atoms with Gasteiger partial charge in [-0.05, 0) is 30.7 Å². The van der Waals surface area contributed by atoms with E-state index in [1.807, 2.05) is 10.3 Å². The number of thiazole rings is 1. The number of hydrogen-bond donors (Lipinski definition) is 0. The SMILES string of the molecule is O=C(Cc1csc(-c2ccsc2)n1)N1CCO[C@H]2CCC[C@H]21. The molecule has 6 heteroatoms. The zero-order chi connectivity index (χ0) is 14.9. The van der Waals surface area contributed by atoms with Crippen molar-refractivity contribution in [2.45, 2.75) is 37.8 Å². The van der Waals surface area contributed by atoms with Crippen molar-refractivity contribution in [2.24, 2.45) is 0 Å². The Balaban J connectivity index is 1.45. The van der Waals surface area contributed by atoms with Gasteiger partial charge in [0, 0.05) is 22.9 Å². The molecule has 4 nitrogen and oxygen atoms in total. The van der Waals surface area contributed by atoms with Gasteiger partial charge in [-0.1, -0.05) is 0 Å². The van der Waals surface area contributed by atoms with E-state index in [1.54, 1.807) is 22.7 Å². The van der Waals surface area contributed by atoms with Crippen molar-refractivity contribution in [3.63, 3.8) is 0 Å². The van der Waals surface area contributed by atoms with E-state index in [-0.39, 0.29) is 18.1 Å². The Morgan fingerprint density at radius 2 is 2.36 bits per heavy atom. The first-order valence-electron chi connectivity index (χ1n) is 7.69. The van der Waals surface area contributed by atoms with Crippen molar-refractivity contribution in [1.29, 1.82) is 0 Å². The molecule has 1 amide bonds. The highest BCUT2D eigenvalue weighted by Gasteiger charge is 2.38. The van der Waals surface area contributed by atoms with Gasteiger partial charge in [0.15, 0.2) is 0 Å². The minimum absolute atomic E-state index is 0.197. The van der Waals surface area contributed by atoms with Gasteiger partial charge in [0.1, 0.15) is 5.01 Å². The van der Waals surface area contributed by atoms with Crippen LogP contribution in [0.1, 0.15) is 25.0 Å². The summed E-state index contributed by atoms with van der Waals surface area (Å²) in [5, 5.41) is 7.16. The number of rotatable bonds is 3. The maximum absolute atomic E-state index is 12.6. The second-order valence-corrected chi connectivity index (χ2v) is 7.47. The van der Waals surface area contributed by atoms with Crippen molar-refractivity contribution in [2.75, 3.05) is 13.2 Å². The Morgan fingerprint density at radius 1 is 1.41 bits per heavy atom. The molecule has 0 bridgehead atoms. The number of hydrogen-bond acceptors (Lipinski definition) is 5. The van der Waals surface area contributed by atoms with Crippen molar-refractivity contribution in [3.8, 4) is 10.6 Å². The average molecular weight is 334 g/mol. The molecule has 0 aromatic carbocycles. The summed E-state index contributed by atoms with van der Waals surface area (Å²) in [6.07, 6.45) is 4.00. The number of morpholine rings is 1. The Kier molecular flexibility index (Phi) is 3.98. The molecule has 0 spiro atoms. The highest BCUT2D eigenvalue weighted by molar-refractivity contribution is 7.14. The van der Waals surface area contributed by atoms with Crippen molar-refractivity contribution in [1.82, 2.24) is 9.88 Å². The quantitative estimate of drug-likeness (QED) is 0.866. The molecule has 0 N–H and O–H groups in total. The summed E-state index contributed by atoms with van der Waals surface area (Å²) in [5.74, 6) is 0.197. The van der Waals surface area contributed by atoms with Crippen LogP contribution in [0.5, 0.6) is 0 Å². The van der Waals surface area contributed by atoms with Gasteiger partial charge in [-0.2, -0.15) is 11.3 Å². The van der Waals surface area contributed by atoms with Gasteiger partial charge < -0.3 is 9.64 Å². The zero-order valence-electron chi connectivity index (χ0n) is 12.2. The molecule has 0 radical (unpaired) electrons. The molecule has 4 rings (SSSR count). The number of thiophene rings is 1. The Bertz CT molecular complexity index is 653. The predicted molar refractivity (Wildman–Crippen MR) is 88.2 cm³/mol. The van der Waals surface area contributed by atoms with Crippen LogP contribution in [0, 0.1) is 0 Å². The van der Waals surface area contributed by atoms with Gasteiger partial charge in [0.25, 0.3) is 0 Å². The molecule has 2 aromatic rings. The summed E-state index contributed by atoms with van der Waals surface area (Å²) in [7, 11) is 0. The van der Waals surface area contributed by atoms with E-state index in [4.69, 9.17) is 4.74 Å². The third kappa shape index (κ3) is 2.71. The molecule has 2 fully saturated rings. The van der Waals surface area contributed by atoms with E-state index >= 15 is 0 Å². The topological polar surface area (TPSA) is 42.4 Å². The standard InChI is InChI=1S/C16H18N2O2S2/c19-15(18-5-6-20-14-3-1-2-13(14)18)8-12-10-22-16(17-12)11-4-7-21-9-11/h4,7,9-10,13-14H,1-3,5-6,8H2/t13-,14+/m1/s1. The van der Waals surface area contributed by atoms with Crippen LogP contribution in [0.2, 0.25) is 0 Å². The van der Waals surface area contributed by atoms with Crippen molar-refractivity contribution in [3.05, 3.63) is 27.9 Å². The Morgan fingerprint density at radius 3 is 3.23 bits per heavy atom. The lowest BCUT2D eigenvalue weighted by molar-refractivity contribution is -0.143. The third-order valence-electron chi connectivity index (χ3n) is 4.45. The Labute approximate surface area is 137 Å². The maximum Gasteiger partial charge on any atom is 0.229 e. The highest BCUT2D eigenvalue weighted by atomic mass is 32.1. The van der Waals surface area contributed by atoms with Crippen LogP contribution in [-0.2, 0) is 16.0 Å². The number of carbonyl (C=O) groups is 1. The molecule has 3 heterocycles. The number of amides is 1. The molecular formula is C16H18N2O2S2. The maximum atomic E-state index is 12.6. The van der Waals surface area contributed by atoms with Gasteiger partial charge in [0.2, 0.25) is 5.91 Å². The first-order valence-corrected chi connectivity index (χ1v) is 9.51. The van der Waals surface area contributed by atoms with Crippen molar-refractivity contribution >= 4 is 28.6 Å². The van der Waals surface area contributed by atoms with Gasteiger partial charge in [-0.3, -0.25) is 4.79 Å². The summed E-state index contributed by atoms with van der Waals surface area (Å²) in [4.78, 5) is 19.3. The fourth-order valence-corrected chi connectivity index (χ4v) is 4.93. The second kappa shape index (κ2) is 6.10. The zero-order valence-corrected chi connectivity index (χ0v) is 13.9. The monoisotopic (exact) mass is 334 g/mol. The number of ether oxygens (including phenoxy) is 1. The van der Waals surface area contributed by atoms with Gasteiger partial charge in [-0.15, -0.1) is 11.3 Å². The van der Waals surface area contributed by atoms with Crippen LogP contribution in [0.15, 0.2) is 22.2 Å². The molecule has 2 atom stereocenters. The summed E-state index contributed by atoms with van der Waals surface area (Å²) in [6.45, 7) is 1.39. The van der Waals surface area contributed by atoms with Crippen LogP contribution in [0.4, 0.5) is 0 Å². The van der Waals surface area contributed by atoms with Gasteiger partial charge in [0.05, 0.1) is 30.9 Å². The number of carbonyl (C=O) groups excluding carboxylic acids is 1. The molecule has 0 unspecified atom stereocenters. The lowest BCUT2D eigenvalue weighted by Crippen LogP contribution is -2.51. The third-order valence-corrected chi connectivity index (χ3v) is 6.08. The van der Waals surface area contributed by atoms with Crippen LogP contribution < -0.4 is 0 Å². The van der Waals surface area contributed by atoms with Crippen LogP contribution in [0.25, 0.3) is 10.6 Å². The molecule has 1 aliphatic heterocycles. The summed E-state index contributed by atoms with van der Waals surface area (Å²) < 4.78 is 5.78. The van der Waals surface area contributed by atoms with Gasteiger partial charge >= 0.3 is 0 Å². The number of fused-ring (bicyclic) bond motifs is 1. The average Bonchev–Trinajstić information content (AvgIpc) is 3.27. The fourth-order valence-electron chi connectivity index (χ4n) is 3.40. The van der Waals surface area contributed by atoms with E-state index in [0.717, 1.165) is 42.1 Å². The van der Waals surface area contributed by atoms with Crippen LogP contribution in [-0.4, -0.2) is 41.1 Å². The van der Waals surface area contributed by atoms with E-state index in [9.17, 15) is 4.79 Å². The summed E-state index contributed by atoms with van der Waals surface area (Å²) in [6, 6.07) is 2.36. The lowest BCUT2D eigenvalue weighted by atomic mass is 10.1. The fraction of sp³-hybridized carbons (Fsp3) is 0.500. The predicted octanol–water partition coefficient (Wildman–Crippen LogP) is 3.19. The molecule has 1 saturated carbocycles. The smallest absolute Gasteiger partial charge is 0.229 e. The molecule has 22 heavy (non-hydrogen) atoms.